The molecule has 0 aromatic carbocycles. The van der Waals surface area contributed by atoms with Crippen LogP contribution in [-0.2, 0) is 20.3 Å². The second-order valence-corrected chi connectivity index (χ2v) is 31.2. The molecule has 4 aliphatic carbocycles. The summed E-state index contributed by atoms with van der Waals surface area (Å²) in [5.41, 5.74) is 6.00. The number of aromatic amines is 1. The fraction of sp³-hybridized carbons (Fsp3) is 0.908. The van der Waals surface area contributed by atoms with Crippen LogP contribution in [0.1, 0.15) is 287 Å². The Morgan fingerprint density at radius 2 is 0.746 bits per heavy atom. The third kappa shape index (κ3) is 30.5. The molecule has 1 unspecified atom stereocenters. The van der Waals surface area contributed by atoms with Crippen LogP contribution in [0, 0.1) is 68.0 Å². The first-order valence-electron chi connectivity index (χ1n) is 29.4. The van der Waals surface area contributed by atoms with Gasteiger partial charge in [-0.3, -0.25) is 5.10 Å². The van der Waals surface area contributed by atoms with Crippen molar-refractivity contribution in [3.05, 3.63) is 36.0 Å². The number of hydrogen-bond donors (Lipinski definition) is 1. The van der Waals surface area contributed by atoms with Gasteiger partial charge in [0.05, 0.1) is 6.20 Å². The van der Waals surface area contributed by atoms with Crippen LogP contribution in [0.25, 0.3) is 0 Å². The second-order valence-electron chi connectivity index (χ2n) is 31.2. The van der Waals surface area contributed by atoms with E-state index >= 15 is 0 Å². The van der Waals surface area contributed by atoms with E-state index in [1.54, 1.807) is 18.7 Å². The normalized spacial score (nSPS) is 20.9. The van der Waals surface area contributed by atoms with Crippen LogP contribution in [0.4, 0.5) is 0 Å². The maximum Gasteiger partial charge on any atom is 0.127 e. The number of ether oxygens (including phenoxy) is 2. The molecule has 2 aromatic heterocycles. The van der Waals surface area contributed by atoms with Gasteiger partial charge < -0.3 is 14.0 Å². The zero-order valence-corrected chi connectivity index (χ0v) is 52.2. The smallest absolute Gasteiger partial charge is 0.127 e. The summed E-state index contributed by atoms with van der Waals surface area (Å²) in [7, 11) is 0. The molecule has 4 heterocycles. The maximum atomic E-state index is 5.29. The minimum atomic E-state index is 0.167. The number of rotatable bonds is 0. The van der Waals surface area contributed by atoms with Gasteiger partial charge in [-0.25, -0.2) is 0 Å². The van der Waals surface area contributed by atoms with Crippen molar-refractivity contribution in [2.45, 2.75) is 286 Å². The molecule has 1 atom stereocenters. The molecule has 6 heteroatoms. The minimum Gasteiger partial charge on any atom is -0.381 e. The fourth-order valence-corrected chi connectivity index (χ4v) is 10.0. The lowest BCUT2D eigenvalue weighted by molar-refractivity contribution is 0.0286. The molecule has 6 fully saturated rings. The zero-order chi connectivity index (χ0) is 54.5. The third-order valence-electron chi connectivity index (χ3n) is 16.7. The van der Waals surface area contributed by atoms with Crippen LogP contribution in [0.3, 0.4) is 0 Å². The van der Waals surface area contributed by atoms with E-state index in [0.29, 0.717) is 32.5 Å². The molecule has 6 aliphatic rings. The quantitative estimate of drug-likeness (QED) is 0.285. The first-order valence-corrected chi connectivity index (χ1v) is 29.4. The first-order chi connectivity index (χ1) is 32.3. The summed E-state index contributed by atoms with van der Waals surface area (Å²) in [6, 6.07) is 2.00. The summed E-state index contributed by atoms with van der Waals surface area (Å²) in [5.74, 6) is 5.76. The summed E-state index contributed by atoms with van der Waals surface area (Å²) >= 11 is 0. The number of aromatic nitrogens is 3. The van der Waals surface area contributed by atoms with Crippen LogP contribution >= 0.6 is 0 Å². The molecular weight excluding hydrogens is 871 g/mol. The van der Waals surface area contributed by atoms with Crippen LogP contribution < -0.4 is 0 Å². The van der Waals surface area contributed by atoms with E-state index in [1.807, 2.05) is 6.07 Å². The zero-order valence-electron chi connectivity index (χ0n) is 52.2. The highest BCUT2D eigenvalue weighted by Gasteiger charge is 2.34. The van der Waals surface area contributed by atoms with Gasteiger partial charge in [0.15, 0.2) is 0 Å². The Morgan fingerprint density at radius 3 is 0.930 bits per heavy atom. The molecule has 2 aromatic rings. The highest BCUT2D eigenvalue weighted by molar-refractivity contribution is 5.12. The summed E-state index contributed by atoms with van der Waals surface area (Å²) in [6.45, 7) is 58.8. The maximum absolute atomic E-state index is 5.29. The predicted octanol–water partition coefficient (Wildman–Crippen LogP) is 20.3. The number of H-pyrrole nitrogens is 1. The average Bonchev–Trinajstić information content (AvgIpc) is 3.83. The Labute approximate surface area is 444 Å². The van der Waals surface area contributed by atoms with Gasteiger partial charge in [0.25, 0.3) is 0 Å². The number of nitrogens with zero attached hydrogens (tertiary/aromatic N) is 2. The molecule has 4 saturated carbocycles. The largest absolute Gasteiger partial charge is 0.381 e. The highest BCUT2D eigenvalue weighted by atomic mass is 16.5. The van der Waals surface area contributed by atoms with E-state index in [0.717, 1.165) is 67.5 Å². The molecule has 0 bridgehead atoms. The first kappa shape index (κ1) is 67.4. The molecular formula is C65H125N3O3. The van der Waals surface area contributed by atoms with E-state index in [4.69, 9.17) is 14.0 Å². The van der Waals surface area contributed by atoms with E-state index in [2.05, 4.69) is 182 Å². The van der Waals surface area contributed by atoms with Gasteiger partial charge in [0.2, 0.25) is 0 Å². The van der Waals surface area contributed by atoms with Crippen LogP contribution in [0.5, 0.6) is 0 Å². The lowest BCUT2D eigenvalue weighted by Crippen LogP contribution is -2.27. The van der Waals surface area contributed by atoms with Gasteiger partial charge in [-0.05, 0) is 150 Å². The molecule has 0 radical (unpaired) electrons. The summed E-state index contributed by atoms with van der Waals surface area (Å²) in [4.78, 5) is 0. The van der Waals surface area contributed by atoms with E-state index < -0.39 is 0 Å². The Bertz CT molecular complexity index is 1460. The van der Waals surface area contributed by atoms with Crippen molar-refractivity contribution in [3.8, 4) is 0 Å². The van der Waals surface area contributed by atoms with Gasteiger partial charge in [-0.1, -0.05) is 210 Å². The van der Waals surface area contributed by atoms with Gasteiger partial charge in [0.1, 0.15) is 6.26 Å². The monoisotopic (exact) mass is 996 g/mol. The summed E-state index contributed by atoms with van der Waals surface area (Å²) < 4.78 is 15.3. The number of nitrogens with one attached hydrogen (secondary N) is 1. The number of hydrogen-bond acceptors (Lipinski definition) is 5. The standard InChI is InChI=1S/C10H20.C9H18O.C9H18.C8H16O.C8H16.C7H12N2.C7H11NO.C7H14/c1-10(2,3)9-7-5-4-6-8-9;1-9(2,3)8-4-6-10-7-5-8;1-9(2,3)8-6-4-5-7-8;1-8(2,3)7-4-5-9-6-7;1-8(2,3)7-5-4-6-7;1-7(2,3)6-4-5-8-9-6;1-7(2,3)6-4-8-9-5-6;1-7(2,3)6-4-5-6/h9H,4-8H2,1-3H3;8H,4-7H2,1-3H3;8H,4-7H2,1-3H3;7H,4-6H2,1-3H3;7H,4-6H2,1-3H3;4-5H,1-3H3,(H,8,9);4-5H,1-3H3;6H,4-5H2,1-3H3. The van der Waals surface area contributed by atoms with Crippen LogP contribution in [0.15, 0.2) is 29.2 Å². The van der Waals surface area contributed by atoms with Crippen molar-refractivity contribution >= 4 is 0 Å². The van der Waals surface area contributed by atoms with Crippen LogP contribution in [-0.4, -0.2) is 41.8 Å². The van der Waals surface area contributed by atoms with Crippen molar-refractivity contribution in [1.29, 1.82) is 0 Å². The minimum absolute atomic E-state index is 0.167. The Morgan fingerprint density at radius 1 is 0.394 bits per heavy atom. The second kappa shape index (κ2) is 30.2. The van der Waals surface area contributed by atoms with Gasteiger partial charge in [0, 0.05) is 49.3 Å². The Balaban J connectivity index is 0.000000406. The lowest BCUT2D eigenvalue weighted by Gasteiger charge is -2.37. The van der Waals surface area contributed by atoms with Crippen molar-refractivity contribution in [3.63, 3.8) is 0 Å². The van der Waals surface area contributed by atoms with Crippen molar-refractivity contribution in [2.75, 3.05) is 26.4 Å². The molecule has 2 aliphatic heterocycles. The van der Waals surface area contributed by atoms with E-state index in [9.17, 15) is 0 Å². The van der Waals surface area contributed by atoms with Crippen molar-refractivity contribution in [1.82, 2.24) is 15.4 Å². The molecule has 2 saturated heterocycles. The van der Waals surface area contributed by atoms with E-state index in [-0.39, 0.29) is 10.8 Å². The topological polar surface area (TPSA) is 73.2 Å². The van der Waals surface area contributed by atoms with Gasteiger partial charge >= 0.3 is 0 Å². The van der Waals surface area contributed by atoms with Gasteiger partial charge in [-0.2, -0.15) is 5.10 Å². The highest BCUT2D eigenvalue weighted by Crippen LogP contribution is 2.45. The predicted molar refractivity (Wildman–Crippen MR) is 310 cm³/mol. The molecule has 0 spiro atoms. The summed E-state index contributed by atoms with van der Waals surface area (Å²) in [5, 5.41) is 10.4. The Kier molecular flexibility index (Phi) is 28.6. The molecule has 1 N–H and O–H groups in total. The Hall–Kier alpha value is -1.66. The molecule has 71 heavy (non-hydrogen) atoms. The molecule has 0 amide bonds. The lowest BCUT2D eigenvalue weighted by atomic mass is 9.69. The molecule has 418 valence electrons. The van der Waals surface area contributed by atoms with E-state index in [1.165, 1.54) is 115 Å². The van der Waals surface area contributed by atoms with Gasteiger partial charge in [-0.15, -0.1) is 0 Å². The fourth-order valence-electron chi connectivity index (χ4n) is 10.0. The molecule has 8 rings (SSSR count). The van der Waals surface area contributed by atoms with Crippen LogP contribution in [0.2, 0.25) is 0 Å². The average molecular weight is 997 g/mol. The summed E-state index contributed by atoms with van der Waals surface area (Å²) in [6.07, 6.45) is 29.6. The van der Waals surface area contributed by atoms with Crippen molar-refractivity contribution < 1.29 is 14.0 Å². The molecule has 6 nitrogen and oxygen atoms in total. The SMILES string of the molecule is CC(C)(C)C1CC1.CC(C)(C)C1CCC1.CC(C)(C)C1CCCC1.CC(C)(C)C1CCCCC1.CC(C)(C)C1CCOC1.CC(C)(C)C1CCOCC1.CC(C)(C)c1ccn[nH]1.CC(C)(C)c1cnoc1. The van der Waals surface area contributed by atoms with Crippen molar-refractivity contribution in [2.24, 2.45) is 68.0 Å². The third-order valence-corrected chi connectivity index (χ3v) is 16.7.